The first-order valence-electron chi connectivity index (χ1n) is 6.22. The second-order valence-electron chi connectivity index (χ2n) is 4.37. The lowest BCUT2D eigenvalue weighted by Gasteiger charge is -2.29. The number of aliphatic carboxylic acids is 1. The maximum atomic E-state index is 12.0. The van der Waals surface area contributed by atoms with Crippen molar-refractivity contribution in [3.63, 3.8) is 0 Å². The van der Waals surface area contributed by atoms with Gasteiger partial charge in [-0.2, -0.15) is 0 Å². The molecule has 1 aromatic rings. The summed E-state index contributed by atoms with van der Waals surface area (Å²) in [6, 6.07) is 7.35. The van der Waals surface area contributed by atoms with Gasteiger partial charge in [0.1, 0.15) is 0 Å². The summed E-state index contributed by atoms with van der Waals surface area (Å²) in [6.45, 7) is 2.65. The highest BCUT2D eigenvalue weighted by atomic mass is 16.4. The van der Waals surface area contributed by atoms with E-state index in [0.29, 0.717) is 18.7 Å². The van der Waals surface area contributed by atoms with E-state index in [9.17, 15) is 14.7 Å². The van der Waals surface area contributed by atoms with Crippen LogP contribution >= 0.6 is 0 Å². The molecular formula is C13H17N3O3. The third kappa shape index (κ3) is 3.45. The molecule has 1 aliphatic heterocycles. The number of hydrogen-bond donors (Lipinski definition) is 3. The Morgan fingerprint density at radius 3 is 2.42 bits per heavy atom. The SMILES string of the molecule is O=C(O)C(NC(=O)N1CCNCC1)c1ccccc1. The average Bonchev–Trinajstić information content (AvgIpc) is 2.46. The molecule has 0 aromatic heterocycles. The van der Waals surface area contributed by atoms with E-state index < -0.39 is 12.0 Å². The van der Waals surface area contributed by atoms with E-state index in [1.165, 1.54) is 0 Å². The van der Waals surface area contributed by atoms with Crippen LogP contribution in [-0.4, -0.2) is 48.2 Å². The van der Waals surface area contributed by atoms with Crippen molar-refractivity contribution >= 4 is 12.0 Å². The van der Waals surface area contributed by atoms with Crippen LogP contribution in [0.4, 0.5) is 4.79 Å². The molecule has 1 saturated heterocycles. The van der Waals surface area contributed by atoms with Crippen molar-refractivity contribution in [1.82, 2.24) is 15.5 Å². The summed E-state index contributed by atoms with van der Waals surface area (Å²) in [5.74, 6) is -1.06. The van der Waals surface area contributed by atoms with Gasteiger partial charge in [-0.1, -0.05) is 30.3 Å². The van der Waals surface area contributed by atoms with Gasteiger partial charge in [-0.15, -0.1) is 0 Å². The number of hydrogen-bond acceptors (Lipinski definition) is 3. The highest BCUT2D eigenvalue weighted by Gasteiger charge is 2.25. The summed E-state index contributed by atoms with van der Waals surface area (Å²) in [6.07, 6.45) is 0. The van der Waals surface area contributed by atoms with Gasteiger partial charge >= 0.3 is 12.0 Å². The summed E-state index contributed by atoms with van der Waals surface area (Å²) >= 11 is 0. The van der Waals surface area contributed by atoms with Gasteiger partial charge in [0, 0.05) is 26.2 Å². The quantitative estimate of drug-likeness (QED) is 0.738. The number of nitrogens with one attached hydrogen (secondary N) is 2. The van der Waals surface area contributed by atoms with Gasteiger partial charge in [0.05, 0.1) is 0 Å². The molecule has 6 nitrogen and oxygen atoms in total. The van der Waals surface area contributed by atoms with Crippen LogP contribution in [0.5, 0.6) is 0 Å². The van der Waals surface area contributed by atoms with Gasteiger partial charge in [0.25, 0.3) is 0 Å². The molecule has 1 unspecified atom stereocenters. The van der Waals surface area contributed by atoms with Gasteiger partial charge in [0.2, 0.25) is 0 Å². The molecule has 19 heavy (non-hydrogen) atoms. The van der Waals surface area contributed by atoms with Crippen LogP contribution in [0.2, 0.25) is 0 Å². The van der Waals surface area contributed by atoms with Gasteiger partial charge in [-0.25, -0.2) is 9.59 Å². The summed E-state index contributed by atoms with van der Waals surface area (Å²) in [5.41, 5.74) is 0.568. The maximum absolute atomic E-state index is 12.0. The smallest absolute Gasteiger partial charge is 0.330 e. The summed E-state index contributed by atoms with van der Waals surface area (Å²) < 4.78 is 0. The van der Waals surface area contributed by atoms with Gasteiger partial charge < -0.3 is 20.6 Å². The van der Waals surface area contributed by atoms with E-state index in [1.807, 2.05) is 0 Å². The Bertz CT molecular complexity index is 444. The molecule has 1 fully saturated rings. The number of urea groups is 1. The lowest BCUT2D eigenvalue weighted by atomic mass is 10.1. The summed E-state index contributed by atoms with van der Waals surface area (Å²) in [7, 11) is 0. The minimum Gasteiger partial charge on any atom is -0.479 e. The Labute approximate surface area is 111 Å². The maximum Gasteiger partial charge on any atom is 0.330 e. The van der Waals surface area contributed by atoms with Crippen LogP contribution in [0, 0.1) is 0 Å². The number of carbonyl (C=O) groups is 2. The number of carboxylic acid groups (broad SMARTS) is 1. The first kappa shape index (κ1) is 13.4. The number of rotatable bonds is 3. The molecule has 0 aliphatic carbocycles. The molecule has 1 aliphatic rings. The Morgan fingerprint density at radius 1 is 1.21 bits per heavy atom. The zero-order chi connectivity index (χ0) is 13.7. The van der Waals surface area contributed by atoms with Crippen LogP contribution < -0.4 is 10.6 Å². The largest absolute Gasteiger partial charge is 0.479 e. The van der Waals surface area contributed by atoms with E-state index in [-0.39, 0.29) is 6.03 Å². The van der Waals surface area contributed by atoms with E-state index in [0.717, 1.165) is 13.1 Å². The van der Waals surface area contributed by atoms with Crippen LogP contribution in [0.1, 0.15) is 11.6 Å². The molecule has 2 rings (SSSR count). The Morgan fingerprint density at radius 2 is 1.84 bits per heavy atom. The second kappa shape index (κ2) is 6.19. The third-order valence-corrected chi connectivity index (χ3v) is 3.05. The molecule has 0 bridgehead atoms. The Hall–Kier alpha value is -2.08. The van der Waals surface area contributed by atoms with E-state index >= 15 is 0 Å². The van der Waals surface area contributed by atoms with E-state index in [4.69, 9.17) is 0 Å². The number of amides is 2. The highest BCUT2D eigenvalue weighted by molar-refractivity contribution is 5.83. The van der Waals surface area contributed by atoms with Crippen molar-refractivity contribution in [2.75, 3.05) is 26.2 Å². The fraction of sp³-hybridized carbons (Fsp3) is 0.385. The normalized spacial score (nSPS) is 16.7. The Balaban J connectivity index is 2.04. The number of carbonyl (C=O) groups excluding carboxylic acids is 1. The number of piperazine rings is 1. The topological polar surface area (TPSA) is 81.7 Å². The third-order valence-electron chi connectivity index (χ3n) is 3.05. The second-order valence-corrected chi connectivity index (χ2v) is 4.37. The predicted octanol–water partition coefficient (Wildman–Crippen LogP) is 0.427. The highest BCUT2D eigenvalue weighted by Crippen LogP contribution is 2.13. The van der Waals surface area contributed by atoms with Gasteiger partial charge in [-0.3, -0.25) is 0 Å². The van der Waals surface area contributed by atoms with Crippen molar-refractivity contribution in [2.45, 2.75) is 6.04 Å². The average molecular weight is 263 g/mol. The molecule has 1 aromatic carbocycles. The van der Waals surface area contributed by atoms with Crippen LogP contribution in [0.25, 0.3) is 0 Å². The molecule has 0 spiro atoms. The molecule has 1 heterocycles. The van der Waals surface area contributed by atoms with Crippen LogP contribution in [0.15, 0.2) is 30.3 Å². The van der Waals surface area contributed by atoms with E-state index in [1.54, 1.807) is 35.2 Å². The molecular weight excluding hydrogens is 246 g/mol. The molecule has 0 saturated carbocycles. The zero-order valence-corrected chi connectivity index (χ0v) is 10.5. The van der Waals surface area contributed by atoms with Crippen molar-refractivity contribution in [3.8, 4) is 0 Å². The minimum atomic E-state index is -1.06. The molecule has 2 amide bonds. The molecule has 102 valence electrons. The molecule has 6 heteroatoms. The van der Waals surface area contributed by atoms with Crippen molar-refractivity contribution in [1.29, 1.82) is 0 Å². The lowest BCUT2D eigenvalue weighted by Crippen LogP contribution is -2.51. The lowest BCUT2D eigenvalue weighted by molar-refractivity contribution is -0.139. The number of carboxylic acids is 1. The van der Waals surface area contributed by atoms with Crippen LogP contribution in [-0.2, 0) is 4.79 Å². The number of nitrogens with zero attached hydrogens (tertiary/aromatic N) is 1. The molecule has 0 radical (unpaired) electrons. The van der Waals surface area contributed by atoms with E-state index in [2.05, 4.69) is 10.6 Å². The van der Waals surface area contributed by atoms with Gasteiger partial charge in [0.15, 0.2) is 6.04 Å². The van der Waals surface area contributed by atoms with Gasteiger partial charge in [-0.05, 0) is 5.56 Å². The predicted molar refractivity (Wildman–Crippen MR) is 69.8 cm³/mol. The van der Waals surface area contributed by atoms with Crippen molar-refractivity contribution in [2.24, 2.45) is 0 Å². The monoisotopic (exact) mass is 263 g/mol. The first-order chi connectivity index (χ1) is 9.18. The van der Waals surface area contributed by atoms with Crippen molar-refractivity contribution < 1.29 is 14.7 Å². The fourth-order valence-corrected chi connectivity index (χ4v) is 2.02. The summed E-state index contributed by atoms with van der Waals surface area (Å²) in [4.78, 5) is 24.9. The van der Waals surface area contributed by atoms with Crippen molar-refractivity contribution in [3.05, 3.63) is 35.9 Å². The Kier molecular flexibility index (Phi) is 4.35. The first-order valence-corrected chi connectivity index (χ1v) is 6.22. The summed E-state index contributed by atoms with van der Waals surface area (Å²) in [5, 5.41) is 14.9. The molecule has 1 atom stereocenters. The molecule has 3 N–H and O–H groups in total. The van der Waals surface area contributed by atoms with Crippen LogP contribution in [0.3, 0.4) is 0 Å². The standard InChI is InChI=1S/C13H17N3O3/c17-12(18)11(10-4-2-1-3-5-10)15-13(19)16-8-6-14-7-9-16/h1-5,11,14H,6-9H2,(H,15,19)(H,17,18). The zero-order valence-electron chi connectivity index (χ0n) is 10.5. The number of benzene rings is 1. The minimum absolute atomic E-state index is 0.335. The fourth-order valence-electron chi connectivity index (χ4n) is 2.02.